The number of nitrogens with zero attached hydrogens (tertiary/aromatic N) is 1. The summed E-state index contributed by atoms with van der Waals surface area (Å²) in [5.74, 6) is 0.0801. The number of nitrogens with two attached hydrogens (primary N) is 1. The minimum absolute atomic E-state index is 0.241. The predicted octanol–water partition coefficient (Wildman–Crippen LogP) is 4.01. The number of benzene rings is 3. The number of fused-ring (bicyclic) bond motifs is 1. The number of halogens is 1. The number of phenols is 1. The van der Waals surface area contributed by atoms with Crippen LogP contribution in [0.15, 0.2) is 79.1 Å². The number of aromatic nitrogens is 1. The normalized spacial score (nSPS) is 11.0. The lowest BCUT2D eigenvalue weighted by molar-refractivity contribution is -0.686. The number of para-hydroxylation sites is 1. The van der Waals surface area contributed by atoms with Gasteiger partial charge in [-0.3, -0.25) is 4.98 Å². The molecule has 3 N–H and O–H groups in total. The fourth-order valence-electron chi connectivity index (χ4n) is 3.40. The second-order valence-corrected chi connectivity index (χ2v) is 6.53. The van der Waals surface area contributed by atoms with Gasteiger partial charge in [-0.25, -0.2) is 4.39 Å². The highest BCUT2D eigenvalue weighted by molar-refractivity contribution is 5.97. The van der Waals surface area contributed by atoms with Crippen LogP contribution in [0.25, 0.3) is 21.9 Å². The lowest BCUT2D eigenvalue weighted by Crippen LogP contribution is -2.80. The zero-order valence-corrected chi connectivity index (χ0v) is 14.8. The molecule has 4 aromatic rings. The lowest BCUT2D eigenvalue weighted by atomic mass is 9.96. The first-order valence-electron chi connectivity index (χ1n) is 8.92. The van der Waals surface area contributed by atoms with Crippen molar-refractivity contribution in [3.05, 3.63) is 96.1 Å². The second-order valence-electron chi connectivity index (χ2n) is 6.53. The highest BCUT2D eigenvalue weighted by Gasteiger charge is 2.10. The highest BCUT2D eigenvalue weighted by Crippen LogP contribution is 2.30. The van der Waals surface area contributed by atoms with Crippen LogP contribution in [0.3, 0.4) is 0 Å². The minimum Gasteiger partial charge on any atom is -0.507 e. The van der Waals surface area contributed by atoms with Gasteiger partial charge in [-0.1, -0.05) is 36.4 Å². The number of quaternary nitrogens is 1. The molecule has 0 bridgehead atoms. The molecule has 0 saturated heterocycles. The molecule has 0 fully saturated rings. The van der Waals surface area contributed by atoms with Crippen LogP contribution >= 0.6 is 0 Å². The van der Waals surface area contributed by atoms with Crippen molar-refractivity contribution in [2.45, 2.75) is 13.1 Å². The Hall–Kier alpha value is -3.24. The third-order valence-electron chi connectivity index (χ3n) is 4.76. The summed E-state index contributed by atoms with van der Waals surface area (Å²) in [4.78, 5) is 4.28. The van der Waals surface area contributed by atoms with Gasteiger partial charge in [-0.05, 0) is 46.8 Å². The summed E-state index contributed by atoms with van der Waals surface area (Å²) in [6.07, 6.45) is 3.63. The Morgan fingerprint density at radius 1 is 0.852 bits per heavy atom. The Kier molecular flexibility index (Phi) is 4.81. The molecule has 0 radical (unpaired) electrons. The molecule has 1 heterocycles. The van der Waals surface area contributed by atoms with E-state index in [2.05, 4.69) is 16.4 Å². The standard InChI is InChI=1S/C23H19FN2O/c24-19-6-3-5-16(12-19)20-9-8-17(22-15-25-11-10-21(20)22)13-26-14-18-4-1-2-7-23(18)27/h1-12,15,26-27H,13-14H2/p+1. The van der Waals surface area contributed by atoms with Crippen molar-refractivity contribution in [3.8, 4) is 16.9 Å². The predicted molar refractivity (Wildman–Crippen MR) is 105 cm³/mol. The summed E-state index contributed by atoms with van der Waals surface area (Å²) in [6, 6.07) is 20.1. The Morgan fingerprint density at radius 3 is 2.56 bits per heavy atom. The van der Waals surface area contributed by atoms with E-state index in [9.17, 15) is 9.50 Å². The lowest BCUT2D eigenvalue weighted by Gasteiger charge is -2.11. The molecule has 0 atom stereocenters. The van der Waals surface area contributed by atoms with Crippen molar-refractivity contribution in [2.24, 2.45) is 0 Å². The Balaban J connectivity index is 1.63. The number of pyridine rings is 1. The first-order chi connectivity index (χ1) is 13.2. The van der Waals surface area contributed by atoms with Crippen LogP contribution in [0.2, 0.25) is 0 Å². The van der Waals surface area contributed by atoms with Gasteiger partial charge in [-0.2, -0.15) is 0 Å². The first kappa shape index (κ1) is 17.2. The Labute approximate surface area is 157 Å². The van der Waals surface area contributed by atoms with Crippen LogP contribution in [-0.2, 0) is 13.1 Å². The smallest absolute Gasteiger partial charge is 0.124 e. The van der Waals surface area contributed by atoms with E-state index < -0.39 is 0 Å². The van der Waals surface area contributed by atoms with Crippen LogP contribution in [0.1, 0.15) is 11.1 Å². The number of rotatable bonds is 5. The molecular formula is C23H20FN2O+. The summed E-state index contributed by atoms with van der Waals surface area (Å²) < 4.78 is 13.7. The molecule has 134 valence electrons. The number of phenolic OH excluding ortho intramolecular Hbond substituents is 1. The summed E-state index contributed by atoms with van der Waals surface area (Å²) in [7, 11) is 0. The van der Waals surface area contributed by atoms with Gasteiger partial charge < -0.3 is 10.4 Å². The summed E-state index contributed by atoms with van der Waals surface area (Å²) in [5.41, 5.74) is 3.93. The average Bonchev–Trinajstić information content (AvgIpc) is 2.69. The van der Waals surface area contributed by atoms with E-state index in [1.54, 1.807) is 24.4 Å². The quantitative estimate of drug-likeness (QED) is 0.566. The molecule has 0 amide bonds. The van der Waals surface area contributed by atoms with E-state index >= 15 is 0 Å². The topological polar surface area (TPSA) is 49.7 Å². The van der Waals surface area contributed by atoms with Gasteiger partial charge in [0.1, 0.15) is 24.7 Å². The molecule has 0 saturated carbocycles. The van der Waals surface area contributed by atoms with Crippen molar-refractivity contribution in [2.75, 3.05) is 0 Å². The van der Waals surface area contributed by atoms with Crippen LogP contribution < -0.4 is 5.32 Å². The monoisotopic (exact) mass is 359 g/mol. The zero-order chi connectivity index (χ0) is 18.6. The fraction of sp³-hybridized carbons (Fsp3) is 0.0870. The molecule has 4 heteroatoms. The average molecular weight is 359 g/mol. The molecule has 3 aromatic carbocycles. The molecule has 27 heavy (non-hydrogen) atoms. The van der Waals surface area contributed by atoms with E-state index in [0.29, 0.717) is 12.3 Å². The second kappa shape index (κ2) is 7.56. The van der Waals surface area contributed by atoms with Gasteiger partial charge in [0.05, 0.1) is 0 Å². The van der Waals surface area contributed by atoms with Gasteiger partial charge in [0.25, 0.3) is 0 Å². The van der Waals surface area contributed by atoms with Gasteiger partial charge in [0.15, 0.2) is 0 Å². The van der Waals surface area contributed by atoms with Crippen molar-refractivity contribution >= 4 is 10.8 Å². The maximum absolute atomic E-state index is 13.7. The SMILES string of the molecule is Oc1ccccc1C[NH2+]Cc1ccc(-c2cccc(F)c2)c2ccncc12. The Bertz CT molecular complexity index is 1090. The third kappa shape index (κ3) is 3.66. The molecule has 0 aliphatic heterocycles. The molecule has 0 unspecified atom stereocenters. The van der Waals surface area contributed by atoms with Crippen LogP contribution in [0.4, 0.5) is 4.39 Å². The highest BCUT2D eigenvalue weighted by atomic mass is 19.1. The van der Waals surface area contributed by atoms with E-state index in [-0.39, 0.29) is 5.82 Å². The summed E-state index contributed by atoms with van der Waals surface area (Å²) in [6.45, 7) is 1.46. The van der Waals surface area contributed by atoms with Crippen molar-refractivity contribution in [3.63, 3.8) is 0 Å². The van der Waals surface area contributed by atoms with Gasteiger partial charge >= 0.3 is 0 Å². The summed E-state index contributed by atoms with van der Waals surface area (Å²) in [5, 5.41) is 14.2. The van der Waals surface area contributed by atoms with Crippen LogP contribution in [0, 0.1) is 5.82 Å². The third-order valence-corrected chi connectivity index (χ3v) is 4.76. The van der Waals surface area contributed by atoms with E-state index in [0.717, 1.165) is 39.6 Å². The number of hydrogen-bond donors (Lipinski definition) is 2. The van der Waals surface area contributed by atoms with Crippen LogP contribution in [-0.4, -0.2) is 10.1 Å². The Morgan fingerprint density at radius 2 is 1.70 bits per heavy atom. The largest absolute Gasteiger partial charge is 0.507 e. The zero-order valence-electron chi connectivity index (χ0n) is 14.8. The number of hydrogen-bond acceptors (Lipinski definition) is 2. The minimum atomic E-state index is -0.241. The maximum atomic E-state index is 13.7. The van der Waals surface area contributed by atoms with E-state index in [1.807, 2.05) is 42.6 Å². The summed E-state index contributed by atoms with van der Waals surface area (Å²) >= 11 is 0. The van der Waals surface area contributed by atoms with E-state index in [1.165, 1.54) is 6.07 Å². The molecule has 1 aromatic heterocycles. The van der Waals surface area contributed by atoms with Crippen LogP contribution in [0.5, 0.6) is 5.75 Å². The van der Waals surface area contributed by atoms with Crippen molar-refractivity contribution < 1.29 is 14.8 Å². The molecule has 4 rings (SSSR count). The van der Waals surface area contributed by atoms with E-state index in [4.69, 9.17) is 0 Å². The van der Waals surface area contributed by atoms with Crippen molar-refractivity contribution in [1.29, 1.82) is 0 Å². The first-order valence-corrected chi connectivity index (χ1v) is 8.92. The fourth-order valence-corrected chi connectivity index (χ4v) is 3.40. The van der Waals surface area contributed by atoms with Gasteiger partial charge in [0, 0.05) is 28.9 Å². The van der Waals surface area contributed by atoms with Gasteiger partial charge in [0.2, 0.25) is 0 Å². The van der Waals surface area contributed by atoms with Crippen molar-refractivity contribution in [1.82, 2.24) is 4.98 Å². The van der Waals surface area contributed by atoms with Gasteiger partial charge in [-0.15, -0.1) is 0 Å². The molecule has 0 spiro atoms. The maximum Gasteiger partial charge on any atom is 0.124 e. The number of aromatic hydroxyl groups is 1. The molecule has 0 aliphatic carbocycles. The molecule has 3 nitrogen and oxygen atoms in total. The molecular weight excluding hydrogens is 339 g/mol. The molecule has 0 aliphatic rings.